The van der Waals surface area contributed by atoms with Gasteiger partial charge in [0.2, 0.25) is 5.91 Å². The van der Waals surface area contributed by atoms with Crippen LogP contribution in [0.1, 0.15) is 44.2 Å². The van der Waals surface area contributed by atoms with Crippen LogP contribution in [-0.4, -0.2) is 44.9 Å². The monoisotopic (exact) mass is 348 g/mol. The third kappa shape index (κ3) is 4.64. The van der Waals surface area contributed by atoms with Gasteiger partial charge in [-0.05, 0) is 50.3 Å². The fraction of sp³-hybridized carbons (Fsp3) is 0.632. The SMILES string of the molecule is COc1cc(C(C)NC(=O)C2COCCN2)ccc1OC1CCCC1. The maximum atomic E-state index is 12.3. The fourth-order valence-electron chi connectivity index (χ4n) is 3.37. The normalized spacial score (nSPS) is 22.4. The molecule has 1 aliphatic carbocycles. The summed E-state index contributed by atoms with van der Waals surface area (Å²) in [5.74, 6) is 1.45. The quantitative estimate of drug-likeness (QED) is 0.825. The van der Waals surface area contributed by atoms with E-state index in [-0.39, 0.29) is 24.1 Å². The minimum absolute atomic E-state index is 0.0440. The molecule has 2 unspecified atom stereocenters. The van der Waals surface area contributed by atoms with Crippen LogP contribution in [0.5, 0.6) is 11.5 Å². The number of hydrogen-bond acceptors (Lipinski definition) is 5. The van der Waals surface area contributed by atoms with E-state index < -0.39 is 0 Å². The smallest absolute Gasteiger partial charge is 0.240 e. The molecule has 2 fully saturated rings. The van der Waals surface area contributed by atoms with Gasteiger partial charge in [-0.25, -0.2) is 0 Å². The van der Waals surface area contributed by atoms with Crippen molar-refractivity contribution in [3.05, 3.63) is 23.8 Å². The Morgan fingerprint density at radius 1 is 1.32 bits per heavy atom. The first-order chi connectivity index (χ1) is 12.2. The molecule has 6 heteroatoms. The molecular weight excluding hydrogens is 320 g/mol. The number of benzene rings is 1. The fourth-order valence-corrected chi connectivity index (χ4v) is 3.37. The molecule has 3 rings (SSSR count). The number of nitrogens with one attached hydrogen (secondary N) is 2. The molecule has 1 heterocycles. The van der Waals surface area contributed by atoms with Crippen molar-refractivity contribution in [3.8, 4) is 11.5 Å². The number of carbonyl (C=O) groups is 1. The molecule has 1 aliphatic heterocycles. The molecule has 138 valence electrons. The summed E-state index contributed by atoms with van der Waals surface area (Å²) < 4.78 is 16.9. The summed E-state index contributed by atoms with van der Waals surface area (Å²) in [6, 6.07) is 5.47. The molecule has 6 nitrogen and oxygen atoms in total. The maximum absolute atomic E-state index is 12.3. The minimum atomic E-state index is -0.289. The highest BCUT2D eigenvalue weighted by Gasteiger charge is 2.23. The first-order valence-corrected chi connectivity index (χ1v) is 9.13. The number of ether oxygens (including phenoxy) is 3. The van der Waals surface area contributed by atoms with Crippen molar-refractivity contribution in [1.82, 2.24) is 10.6 Å². The molecule has 1 amide bonds. The molecule has 1 aromatic rings. The molecule has 1 aromatic carbocycles. The summed E-state index contributed by atoms with van der Waals surface area (Å²) in [5, 5.41) is 6.20. The zero-order valence-corrected chi connectivity index (χ0v) is 15.0. The Hall–Kier alpha value is -1.79. The van der Waals surface area contributed by atoms with Crippen LogP contribution in [0.3, 0.4) is 0 Å². The Kier molecular flexibility index (Phi) is 6.15. The highest BCUT2D eigenvalue weighted by Crippen LogP contribution is 2.33. The number of amides is 1. The zero-order valence-electron chi connectivity index (χ0n) is 15.0. The summed E-state index contributed by atoms with van der Waals surface area (Å²) in [4.78, 5) is 12.3. The van der Waals surface area contributed by atoms with Crippen LogP contribution in [0.2, 0.25) is 0 Å². The van der Waals surface area contributed by atoms with Crippen molar-refractivity contribution in [3.63, 3.8) is 0 Å². The third-order valence-corrected chi connectivity index (χ3v) is 4.88. The van der Waals surface area contributed by atoms with Crippen molar-refractivity contribution >= 4 is 5.91 Å². The van der Waals surface area contributed by atoms with Crippen LogP contribution in [0.15, 0.2) is 18.2 Å². The molecule has 2 atom stereocenters. The number of morpholine rings is 1. The van der Waals surface area contributed by atoms with Gasteiger partial charge in [0.05, 0.1) is 32.5 Å². The Labute approximate surface area is 149 Å². The van der Waals surface area contributed by atoms with E-state index in [1.165, 1.54) is 12.8 Å². The van der Waals surface area contributed by atoms with E-state index in [9.17, 15) is 4.79 Å². The van der Waals surface area contributed by atoms with Gasteiger partial charge < -0.3 is 24.8 Å². The second kappa shape index (κ2) is 8.54. The first-order valence-electron chi connectivity index (χ1n) is 9.13. The van der Waals surface area contributed by atoms with Crippen molar-refractivity contribution < 1.29 is 19.0 Å². The molecule has 0 aromatic heterocycles. The predicted octanol–water partition coefficient (Wildman–Crippen LogP) is 2.18. The highest BCUT2D eigenvalue weighted by molar-refractivity contribution is 5.82. The lowest BCUT2D eigenvalue weighted by molar-refractivity contribution is -0.126. The van der Waals surface area contributed by atoms with Gasteiger partial charge in [0.15, 0.2) is 11.5 Å². The maximum Gasteiger partial charge on any atom is 0.240 e. The van der Waals surface area contributed by atoms with Crippen LogP contribution in [0.25, 0.3) is 0 Å². The van der Waals surface area contributed by atoms with Crippen molar-refractivity contribution in [2.75, 3.05) is 26.9 Å². The average molecular weight is 348 g/mol. The number of rotatable bonds is 6. The average Bonchev–Trinajstić information content (AvgIpc) is 3.15. The lowest BCUT2D eigenvalue weighted by Gasteiger charge is -2.25. The molecule has 1 saturated heterocycles. The van der Waals surface area contributed by atoms with Crippen LogP contribution >= 0.6 is 0 Å². The zero-order chi connectivity index (χ0) is 17.6. The van der Waals surface area contributed by atoms with E-state index in [1.54, 1.807) is 7.11 Å². The summed E-state index contributed by atoms with van der Waals surface area (Å²) in [7, 11) is 1.65. The second-order valence-electron chi connectivity index (χ2n) is 6.75. The molecule has 0 spiro atoms. The lowest BCUT2D eigenvalue weighted by atomic mass is 10.1. The van der Waals surface area contributed by atoms with E-state index in [4.69, 9.17) is 14.2 Å². The Bertz CT molecular complexity index is 581. The molecule has 1 saturated carbocycles. The topological polar surface area (TPSA) is 68.8 Å². The summed E-state index contributed by atoms with van der Waals surface area (Å²) >= 11 is 0. The molecular formula is C19H28N2O4. The van der Waals surface area contributed by atoms with Crippen molar-refractivity contribution in [2.45, 2.75) is 50.8 Å². The standard InChI is InChI=1S/C19H28N2O4/c1-13(21-19(22)16-12-24-10-9-20-16)14-7-8-17(18(11-14)23-2)25-15-5-3-4-6-15/h7-8,11,13,15-16,20H,3-6,9-10,12H2,1-2H3,(H,21,22). The van der Waals surface area contributed by atoms with Gasteiger partial charge in [-0.3, -0.25) is 4.79 Å². The molecule has 2 aliphatic rings. The second-order valence-corrected chi connectivity index (χ2v) is 6.75. The van der Waals surface area contributed by atoms with E-state index in [0.29, 0.717) is 25.5 Å². The minimum Gasteiger partial charge on any atom is -0.493 e. The molecule has 2 N–H and O–H groups in total. The number of carbonyl (C=O) groups excluding carboxylic acids is 1. The summed E-state index contributed by atoms with van der Waals surface area (Å²) in [6.45, 7) is 3.73. The van der Waals surface area contributed by atoms with E-state index in [0.717, 1.165) is 24.2 Å². The Balaban J connectivity index is 1.63. The summed E-state index contributed by atoms with van der Waals surface area (Å²) in [6.07, 6.45) is 4.95. The Morgan fingerprint density at radius 2 is 2.12 bits per heavy atom. The van der Waals surface area contributed by atoms with Crippen molar-refractivity contribution in [1.29, 1.82) is 0 Å². The van der Waals surface area contributed by atoms with E-state index in [1.807, 2.05) is 25.1 Å². The van der Waals surface area contributed by atoms with E-state index >= 15 is 0 Å². The van der Waals surface area contributed by atoms with Gasteiger partial charge in [0.1, 0.15) is 6.04 Å². The predicted molar refractivity (Wildman–Crippen MR) is 95.0 cm³/mol. The number of hydrogen-bond donors (Lipinski definition) is 2. The Morgan fingerprint density at radius 3 is 2.80 bits per heavy atom. The van der Waals surface area contributed by atoms with Gasteiger partial charge >= 0.3 is 0 Å². The van der Waals surface area contributed by atoms with Gasteiger partial charge in [-0.2, -0.15) is 0 Å². The van der Waals surface area contributed by atoms with Crippen LogP contribution in [0, 0.1) is 0 Å². The third-order valence-electron chi connectivity index (χ3n) is 4.88. The summed E-state index contributed by atoms with van der Waals surface area (Å²) in [5.41, 5.74) is 0.987. The van der Waals surface area contributed by atoms with E-state index in [2.05, 4.69) is 10.6 Å². The van der Waals surface area contributed by atoms with Gasteiger partial charge in [0, 0.05) is 6.54 Å². The van der Waals surface area contributed by atoms with Crippen LogP contribution in [0.4, 0.5) is 0 Å². The van der Waals surface area contributed by atoms with Crippen LogP contribution < -0.4 is 20.1 Å². The molecule has 25 heavy (non-hydrogen) atoms. The van der Waals surface area contributed by atoms with Crippen LogP contribution in [-0.2, 0) is 9.53 Å². The highest BCUT2D eigenvalue weighted by atomic mass is 16.5. The van der Waals surface area contributed by atoms with Gasteiger partial charge in [0.25, 0.3) is 0 Å². The molecule has 0 radical (unpaired) electrons. The first kappa shape index (κ1) is 18.0. The van der Waals surface area contributed by atoms with Gasteiger partial charge in [-0.1, -0.05) is 6.07 Å². The molecule has 0 bridgehead atoms. The lowest BCUT2D eigenvalue weighted by Crippen LogP contribution is -2.51. The number of methoxy groups -OCH3 is 1. The van der Waals surface area contributed by atoms with Gasteiger partial charge in [-0.15, -0.1) is 0 Å². The van der Waals surface area contributed by atoms with Crippen molar-refractivity contribution in [2.24, 2.45) is 0 Å². The largest absolute Gasteiger partial charge is 0.493 e.